The highest BCUT2D eigenvalue weighted by Crippen LogP contribution is 2.35. The largest absolute Gasteiger partial charge is 0.384 e. The summed E-state index contributed by atoms with van der Waals surface area (Å²) in [6.45, 7) is 6.41. The summed E-state index contributed by atoms with van der Waals surface area (Å²) in [5, 5.41) is 17.7. The zero-order chi connectivity index (χ0) is 25.9. The third-order valence-corrected chi connectivity index (χ3v) is 7.89. The van der Waals surface area contributed by atoms with Gasteiger partial charge in [0.05, 0.1) is 5.71 Å². The summed E-state index contributed by atoms with van der Waals surface area (Å²) < 4.78 is 2.31. The van der Waals surface area contributed by atoms with Crippen LogP contribution in [0, 0.1) is 12.8 Å². The van der Waals surface area contributed by atoms with Gasteiger partial charge in [-0.1, -0.05) is 67.2 Å². The molecule has 3 aromatic carbocycles. The number of aromatic nitrogens is 1. The van der Waals surface area contributed by atoms with Gasteiger partial charge in [-0.05, 0) is 73.6 Å². The average Bonchev–Trinajstić information content (AvgIpc) is 3.53. The number of fused-ring (bicyclic) bond motifs is 3. The lowest BCUT2D eigenvalue weighted by Crippen LogP contribution is -2.07. The van der Waals surface area contributed by atoms with Crippen molar-refractivity contribution in [2.24, 2.45) is 11.1 Å². The molecule has 0 spiro atoms. The Balaban J connectivity index is 1.58. The van der Waals surface area contributed by atoms with E-state index in [4.69, 9.17) is 4.84 Å². The molecule has 37 heavy (non-hydrogen) atoms. The Labute approximate surface area is 218 Å². The first-order chi connectivity index (χ1) is 18.0. The monoisotopic (exact) mass is 496 g/mol. The highest BCUT2D eigenvalue weighted by atomic mass is 16.7. The van der Waals surface area contributed by atoms with Gasteiger partial charge >= 0.3 is 5.97 Å². The molecule has 1 aromatic heterocycles. The van der Waals surface area contributed by atoms with Gasteiger partial charge in [-0.2, -0.15) is 0 Å². The molecule has 0 radical (unpaired) electrons. The molecule has 1 aliphatic rings. The SMILES string of the molecule is CCn1c2ccc(/C(CCC3CCCC3)=N/OC(C)=O)cc2c2cc(C(O)c3ccccc3C)ccc21. The molecule has 1 N–H and O–H groups in total. The van der Waals surface area contributed by atoms with E-state index in [9.17, 15) is 9.90 Å². The highest BCUT2D eigenvalue weighted by Gasteiger charge is 2.19. The maximum Gasteiger partial charge on any atom is 0.331 e. The molecule has 5 heteroatoms. The lowest BCUT2D eigenvalue weighted by molar-refractivity contribution is -0.140. The number of nitrogens with zero attached hydrogens (tertiary/aromatic N) is 2. The highest BCUT2D eigenvalue weighted by molar-refractivity contribution is 6.12. The van der Waals surface area contributed by atoms with Gasteiger partial charge < -0.3 is 14.5 Å². The van der Waals surface area contributed by atoms with Gasteiger partial charge in [0.15, 0.2) is 0 Å². The van der Waals surface area contributed by atoms with Gasteiger partial charge in [-0.25, -0.2) is 4.79 Å². The van der Waals surface area contributed by atoms with Crippen molar-refractivity contribution < 1.29 is 14.7 Å². The van der Waals surface area contributed by atoms with Crippen LogP contribution in [0.3, 0.4) is 0 Å². The van der Waals surface area contributed by atoms with Gasteiger partial charge in [0, 0.05) is 40.8 Å². The van der Waals surface area contributed by atoms with Crippen molar-refractivity contribution in [1.29, 1.82) is 0 Å². The quantitative estimate of drug-likeness (QED) is 0.157. The number of carbonyl (C=O) groups excluding carboxylic acids is 1. The molecule has 1 unspecified atom stereocenters. The smallest absolute Gasteiger partial charge is 0.331 e. The molecule has 1 aliphatic carbocycles. The van der Waals surface area contributed by atoms with Crippen LogP contribution in [0.1, 0.15) is 80.7 Å². The maximum absolute atomic E-state index is 11.6. The second-order valence-corrected chi connectivity index (χ2v) is 10.3. The zero-order valence-corrected chi connectivity index (χ0v) is 22.0. The van der Waals surface area contributed by atoms with Crippen LogP contribution in [0.2, 0.25) is 0 Å². The topological polar surface area (TPSA) is 63.8 Å². The van der Waals surface area contributed by atoms with Crippen LogP contribution in [0.5, 0.6) is 0 Å². The minimum atomic E-state index is -0.693. The second-order valence-electron chi connectivity index (χ2n) is 10.3. The molecule has 5 rings (SSSR count). The summed E-state index contributed by atoms with van der Waals surface area (Å²) in [6.07, 6.45) is 6.31. The first kappa shape index (κ1) is 25.2. The van der Waals surface area contributed by atoms with Crippen molar-refractivity contribution in [3.63, 3.8) is 0 Å². The normalized spacial score (nSPS) is 15.5. The maximum atomic E-state index is 11.6. The number of carbonyl (C=O) groups is 1. The number of aliphatic hydroxyl groups is 1. The van der Waals surface area contributed by atoms with Gasteiger partial charge in [-0.3, -0.25) is 0 Å². The standard InChI is InChI=1S/C32H36N2O3/c1-4-34-30-17-14-24(29(33-37-22(3)35)16-13-23-10-6-7-11-23)19-27(30)28-20-25(15-18-31(28)34)32(36)26-12-8-5-9-21(26)2/h5,8-9,12,14-15,17-20,23,32,36H,4,6-7,10-11,13,16H2,1-3H3/b33-29+. The summed E-state index contributed by atoms with van der Waals surface area (Å²) >= 11 is 0. The molecule has 1 saturated carbocycles. The van der Waals surface area contributed by atoms with Crippen molar-refractivity contribution >= 4 is 33.5 Å². The van der Waals surface area contributed by atoms with Crippen LogP contribution >= 0.6 is 0 Å². The third-order valence-electron chi connectivity index (χ3n) is 7.89. The zero-order valence-electron chi connectivity index (χ0n) is 22.0. The molecule has 1 fully saturated rings. The van der Waals surface area contributed by atoms with E-state index in [1.54, 1.807) is 0 Å². The Morgan fingerprint density at radius 1 is 1.05 bits per heavy atom. The van der Waals surface area contributed by atoms with E-state index in [2.05, 4.69) is 47.0 Å². The van der Waals surface area contributed by atoms with Gasteiger partial charge in [-0.15, -0.1) is 0 Å². The lowest BCUT2D eigenvalue weighted by Gasteiger charge is -2.14. The van der Waals surface area contributed by atoms with Crippen molar-refractivity contribution in [3.05, 3.63) is 82.9 Å². The summed E-state index contributed by atoms with van der Waals surface area (Å²) in [4.78, 5) is 16.7. The molecule has 5 nitrogen and oxygen atoms in total. The van der Waals surface area contributed by atoms with Gasteiger partial charge in [0.2, 0.25) is 0 Å². The molecule has 1 atom stereocenters. The van der Waals surface area contributed by atoms with Crippen molar-refractivity contribution in [3.8, 4) is 0 Å². The van der Waals surface area contributed by atoms with E-state index >= 15 is 0 Å². The van der Waals surface area contributed by atoms with Gasteiger partial charge in [0.1, 0.15) is 6.10 Å². The van der Waals surface area contributed by atoms with Crippen molar-refractivity contribution in [2.75, 3.05) is 0 Å². The molecule has 1 heterocycles. The molecule has 0 saturated heterocycles. The minimum absolute atomic E-state index is 0.406. The van der Waals surface area contributed by atoms with Crippen LogP contribution in [0.25, 0.3) is 21.8 Å². The van der Waals surface area contributed by atoms with Crippen LogP contribution < -0.4 is 0 Å². The summed E-state index contributed by atoms with van der Waals surface area (Å²) in [6, 6.07) is 20.6. The number of rotatable bonds is 8. The molecular weight excluding hydrogens is 460 g/mol. The van der Waals surface area contributed by atoms with Crippen molar-refractivity contribution in [2.45, 2.75) is 71.9 Å². The van der Waals surface area contributed by atoms with E-state index in [1.807, 2.05) is 37.3 Å². The first-order valence-corrected chi connectivity index (χ1v) is 13.5. The number of benzene rings is 3. The molecule has 4 aromatic rings. The Bertz CT molecular complexity index is 1460. The fourth-order valence-corrected chi connectivity index (χ4v) is 5.89. The van der Waals surface area contributed by atoms with Gasteiger partial charge in [0.25, 0.3) is 0 Å². The summed E-state index contributed by atoms with van der Waals surface area (Å²) in [7, 11) is 0. The van der Waals surface area contributed by atoms with E-state index in [0.29, 0.717) is 0 Å². The number of hydrogen-bond acceptors (Lipinski definition) is 4. The molecule has 192 valence electrons. The summed E-state index contributed by atoms with van der Waals surface area (Å²) in [5.41, 5.74) is 6.94. The van der Waals surface area contributed by atoms with E-state index < -0.39 is 12.1 Å². The Hall–Kier alpha value is -3.44. The Kier molecular flexibility index (Phi) is 7.43. The molecule has 0 amide bonds. The van der Waals surface area contributed by atoms with Crippen molar-refractivity contribution in [1.82, 2.24) is 4.57 Å². The fourth-order valence-electron chi connectivity index (χ4n) is 5.89. The first-order valence-electron chi connectivity index (χ1n) is 13.5. The second kappa shape index (κ2) is 10.9. The summed E-state index contributed by atoms with van der Waals surface area (Å²) in [5.74, 6) is 0.315. The predicted octanol–water partition coefficient (Wildman–Crippen LogP) is 7.44. The van der Waals surface area contributed by atoms with Crippen LogP contribution in [0.4, 0.5) is 0 Å². The van der Waals surface area contributed by atoms with Crippen LogP contribution in [-0.4, -0.2) is 21.4 Å². The number of aryl methyl sites for hydroxylation is 2. The average molecular weight is 497 g/mol. The Morgan fingerprint density at radius 3 is 2.46 bits per heavy atom. The number of oxime groups is 1. The molecular formula is C32H36N2O3. The molecule has 0 bridgehead atoms. The Morgan fingerprint density at radius 2 is 1.76 bits per heavy atom. The molecule has 0 aliphatic heterocycles. The predicted molar refractivity (Wildman–Crippen MR) is 150 cm³/mol. The number of hydrogen-bond donors (Lipinski definition) is 1. The minimum Gasteiger partial charge on any atom is -0.384 e. The van der Waals surface area contributed by atoms with E-state index in [1.165, 1.54) is 32.6 Å². The fraction of sp³-hybridized carbons (Fsp3) is 0.375. The lowest BCUT2D eigenvalue weighted by atomic mass is 9.95. The van der Waals surface area contributed by atoms with E-state index in [-0.39, 0.29) is 0 Å². The van der Waals surface area contributed by atoms with Crippen LogP contribution in [-0.2, 0) is 16.2 Å². The van der Waals surface area contributed by atoms with E-state index in [0.717, 1.165) is 75.1 Å². The number of aliphatic hydroxyl groups excluding tert-OH is 1. The third kappa shape index (κ3) is 5.19. The van der Waals surface area contributed by atoms with Crippen LogP contribution in [0.15, 0.2) is 65.8 Å².